The average Bonchev–Trinajstić information content (AvgIpc) is 3.16. The summed E-state index contributed by atoms with van der Waals surface area (Å²) in [6.07, 6.45) is 0. The van der Waals surface area contributed by atoms with Gasteiger partial charge in [0.2, 0.25) is 9.60 Å². The molecule has 0 saturated heterocycles. The molecule has 4 rings (SSSR count). The van der Waals surface area contributed by atoms with Crippen LogP contribution in [0, 0.1) is 0 Å². The Kier molecular flexibility index (Phi) is 6.22. The number of hydrogen-bond donors (Lipinski definition) is 0. The van der Waals surface area contributed by atoms with Crippen molar-refractivity contribution in [1.82, 2.24) is 4.57 Å². The van der Waals surface area contributed by atoms with E-state index in [9.17, 15) is 9.59 Å². The molecule has 1 aromatic heterocycles. The van der Waals surface area contributed by atoms with E-state index in [0.29, 0.717) is 27.3 Å². The Bertz CT molecular complexity index is 1210. The first-order chi connectivity index (χ1) is 14.7. The first-order valence-corrected chi connectivity index (χ1v) is 11.4. The van der Waals surface area contributed by atoms with Gasteiger partial charge in [0.15, 0.2) is 0 Å². The molecule has 0 bridgehead atoms. The van der Waals surface area contributed by atoms with E-state index in [2.05, 4.69) is 9.98 Å². The summed E-state index contributed by atoms with van der Waals surface area (Å²) in [6.45, 7) is 0.461. The topological polar surface area (TPSA) is 63.8 Å². The van der Waals surface area contributed by atoms with Gasteiger partial charge in [0, 0.05) is 11.1 Å². The van der Waals surface area contributed by atoms with E-state index in [1.165, 1.54) is 20.7 Å². The number of hydrogen-bond acceptors (Lipinski definition) is 4. The van der Waals surface area contributed by atoms with Gasteiger partial charge >= 0.3 is 0 Å². The maximum atomic E-state index is 12.6. The van der Waals surface area contributed by atoms with Crippen molar-refractivity contribution in [2.24, 2.45) is 9.98 Å². The second-order valence-electron chi connectivity index (χ2n) is 6.37. The number of nitrogens with zero attached hydrogens (tertiary/aromatic N) is 3. The van der Waals surface area contributed by atoms with Gasteiger partial charge in [-0.15, -0.1) is 0 Å². The molecule has 30 heavy (non-hydrogen) atoms. The first kappa shape index (κ1) is 19.9. The van der Waals surface area contributed by atoms with Crippen LogP contribution in [0.2, 0.25) is 0 Å². The Morgan fingerprint density at radius 2 is 1.03 bits per heavy atom. The van der Waals surface area contributed by atoms with Gasteiger partial charge in [0.1, 0.15) is 0 Å². The third kappa shape index (κ3) is 4.76. The highest BCUT2D eigenvalue weighted by Gasteiger charge is 2.10. The van der Waals surface area contributed by atoms with Gasteiger partial charge in [-0.2, -0.15) is 9.98 Å². The molecule has 0 saturated carbocycles. The molecular weight excluding hydrogens is 414 g/mol. The van der Waals surface area contributed by atoms with E-state index in [-0.39, 0.29) is 11.8 Å². The van der Waals surface area contributed by atoms with Gasteiger partial charge in [-0.05, 0) is 50.5 Å². The van der Waals surface area contributed by atoms with Crippen LogP contribution >= 0.6 is 20.7 Å². The van der Waals surface area contributed by atoms with Crippen LogP contribution < -0.4 is 9.60 Å². The lowest BCUT2D eigenvalue weighted by atomic mass is 10.2. The van der Waals surface area contributed by atoms with Crippen molar-refractivity contribution in [2.45, 2.75) is 6.54 Å². The van der Waals surface area contributed by atoms with E-state index in [1.54, 1.807) is 48.5 Å². The minimum absolute atomic E-state index is 0.326. The number of rotatable bonds is 4. The van der Waals surface area contributed by atoms with E-state index < -0.39 is 0 Å². The van der Waals surface area contributed by atoms with Crippen molar-refractivity contribution in [1.29, 1.82) is 0 Å². The smallest absolute Gasteiger partial charge is 0.279 e. The molecule has 3 aromatic carbocycles. The number of carbonyl (C=O) groups excluding carboxylic acids is 2. The zero-order chi connectivity index (χ0) is 20.8. The fraction of sp³-hybridized carbons (Fsp3) is 0.0435. The normalized spacial score (nSPS) is 12.1. The van der Waals surface area contributed by atoms with Crippen molar-refractivity contribution < 1.29 is 9.59 Å². The lowest BCUT2D eigenvalue weighted by Gasteiger charge is -2.03. The van der Waals surface area contributed by atoms with Gasteiger partial charge in [0.05, 0.1) is 6.54 Å². The standard InChI is InChI=1S/C23H17N3O2S2/c27-20(18-12-6-2-7-13-18)24-22-26(16-17-10-4-1-5-11-17)23(30-29-22)25-21(28)19-14-8-3-9-15-19/h1-15H,16H2. The number of aromatic nitrogens is 1. The lowest BCUT2D eigenvalue weighted by molar-refractivity contribution is 0.0991. The van der Waals surface area contributed by atoms with Crippen LogP contribution in [0.5, 0.6) is 0 Å². The molecule has 0 aliphatic heterocycles. The molecule has 0 atom stereocenters. The SMILES string of the molecule is O=C(N=c1ssc(=NC(=O)c2ccccc2)n1Cc1ccccc1)c1ccccc1. The van der Waals surface area contributed by atoms with E-state index in [0.717, 1.165) is 5.56 Å². The van der Waals surface area contributed by atoms with Crippen LogP contribution in [0.25, 0.3) is 0 Å². The first-order valence-electron chi connectivity index (χ1n) is 9.23. The monoisotopic (exact) mass is 431 g/mol. The molecule has 4 aromatic rings. The summed E-state index contributed by atoms with van der Waals surface area (Å²) in [7, 11) is 2.65. The Hall–Kier alpha value is -3.42. The highest BCUT2D eigenvalue weighted by atomic mass is 32.9. The largest absolute Gasteiger partial charge is 0.288 e. The van der Waals surface area contributed by atoms with Gasteiger partial charge < -0.3 is 0 Å². The van der Waals surface area contributed by atoms with Crippen LogP contribution in [0.4, 0.5) is 0 Å². The molecule has 0 aliphatic rings. The van der Waals surface area contributed by atoms with Crippen molar-refractivity contribution in [3.8, 4) is 0 Å². The average molecular weight is 432 g/mol. The second kappa shape index (κ2) is 9.39. The zero-order valence-corrected chi connectivity index (χ0v) is 17.5. The molecule has 0 unspecified atom stereocenters. The Balaban J connectivity index is 1.79. The van der Waals surface area contributed by atoms with Crippen molar-refractivity contribution >= 4 is 32.5 Å². The fourth-order valence-electron chi connectivity index (χ4n) is 2.77. The lowest BCUT2D eigenvalue weighted by Crippen LogP contribution is -2.28. The molecule has 7 heteroatoms. The predicted octanol–water partition coefficient (Wildman–Crippen LogP) is 4.14. The number of amides is 2. The van der Waals surface area contributed by atoms with Crippen molar-refractivity contribution in [3.63, 3.8) is 0 Å². The molecule has 0 fully saturated rings. The third-order valence-corrected chi connectivity index (χ3v) is 6.42. The Labute approximate surface area is 180 Å². The molecule has 0 spiro atoms. The second-order valence-corrected chi connectivity index (χ2v) is 8.43. The van der Waals surface area contributed by atoms with Crippen LogP contribution in [0.15, 0.2) is 101 Å². The molecular formula is C23H17N3O2S2. The summed E-state index contributed by atoms with van der Waals surface area (Å²) in [5.74, 6) is -0.653. The Morgan fingerprint density at radius 3 is 1.47 bits per heavy atom. The molecule has 0 aliphatic carbocycles. The number of carbonyl (C=O) groups is 2. The molecule has 148 valence electrons. The highest BCUT2D eigenvalue weighted by Crippen LogP contribution is 2.05. The minimum Gasteiger partial charge on any atom is -0.288 e. The fourth-order valence-corrected chi connectivity index (χ4v) is 4.91. The molecule has 0 radical (unpaired) electrons. The third-order valence-electron chi connectivity index (χ3n) is 4.27. The summed E-state index contributed by atoms with van der Waals surface area (Å²) >= 11 is 0. The molecule has 2 amide bonds. The highest BCUT2D eigenvalue weighted by molar-refractivity contribution is 7.67. The quantitative estimate of drug-likeness (QED) is 0.456. The summed E-state index contributed by atoms with van der Waals surface area (Å²) in [4.78, 5) is 34.8. The van der Waals surface area contributed by atoms with Gasteiger partial charge in [-0.1, -0.05) is 66.7 Å². The van der Waals surface area contributed by atoms with E-state index in [1.807, 2.05) is 47.0 Å². The van der Waals surface area contributed by atoms with Crippen LogP contribution in [0.3, 0.4) is 0 Å². The van der Waals surface area contributed by atoms with E-state index >= 15 is 0 Å². The number of benzene rings is 3. The molecule has 0 N–H and O–H groups in total. The minimum atomic E-state index is -0.326. The maximum absolute atomic E-state index is 12.6. The van der Waals surface area contributed by atoms with Crippen LogP contribution in [-0.4, -0.2) is 16.4 Å². The van der Waals surface area contributed by atoms with Gasteiger partial charge in [-0.25, -0.2) is 0 Å². The predicted molar refractivity (Wildman–Crippen MR) is 118 cm³/mol. The van der Waals surface area contributed by atoms with Crippen molar-refractivity contribution in [2.75, 3.05) is 0 Å². The van der Waals surface area contributed by atoms with Gasteiger partial charge in [-0.3, -0.25) is 14.2 Å². The van der Waals surface area contributed by atoms with Crippen molar-refractivity contribution in [3.05, 3.63) is 117 Å². The maximum Gasteiger partial charge on any atom is 0.279 e. The summed E-state index contributed by atoms with van der Waals surface area (Å²) in [5, 5.41) is 0. The van der Waals surface area contributed by atoms with Crippen LogP contribution in [-0.2, 0) is 6.54 Å². The van der Waals surface area contributed by atoms with Crippen LogP contribution in [0.1, 0.15) is 26.3 Å². The molecule has 1 heterocycles. The summed E-state index contributed by atoms with van der Waals surface area (Å²) in [6, 6.07) is 27.7. The summed E-state index contributed by atoms with van der Waals surface area (Å²) in [5.41, 5.74) is 2.06. The zero-order valence-electron chi connectivity index (χ0n) is 15.8. The van der Waals surface area contributed by atoms with Gasteiger partial charge in [0.25, 0.3) is 11.8 Å². The molecule has 5 nitrogen and oxygen atoms in total. The van der Waals surface area contributed by atoms with E-state index in [4.69, 9.17) is 0 Å². The Morgan fingerprint density at radius 1 is 0.633 bits per heavy atom. The summed E-state index contributed by atoms with van der Waals surface area (Å²) < 4.78 is 1.81.